The van der Waals surface area contributed by atoms with E-state index in [4.69, 9.17) is 9.68 Å². The highest BCUT2D eigenvalue weighted by Gasteiger charge is 2.13. The predicted molar refractivity (Wildman–Crippen MR) is 47.4 cm³/mol. The predicted octanol–water partition coefficient (Wildman–Crippen LogP) is 1.57. The molecule has 0 amide bonds. The molecule has 0 radical (unpaired) electrons. The summed E-state index contributed by atoms with van der Waals surface area (Å²) in [5.74, 6) is 0. The van der Waals surface area contributed by atoms with Gasteiger partial charge in [-0.1, -0.05) is 10.3 Å². The van der Waals surface area contributed by atoms with Gasteiger partial charge in [0.25, 0.3) is 0 Å². The molecule has 0 saturated heterocycles. The second-order valence-corrected chi connectivity index (χ2v) is 2.71. The third-order valence-electron chi connectivity index (χ3n) is 1.78. The normalized spacial score (nSPS) is 24.5. The zero-order valence-corrected chi connectivity index (χ0v) is 7.54. The van der Waals surface area contributed by atoms with Gasteiger partial charge in [-0.25, -0.2) is 0 Å². The Balaban J connectivity index is 2.51. The first kappa shape index (κ1) is 9.03. The molecule has 1 saturated carbocycles. The van der Waals surface area contributed by atoms with E-state index in [1.165, 1.54) is 0 Å². The Bertz CT molecular complexity index is 179. The maximum atomic E-state index is 4.70. The molecule has 0 N–H and O–H groups in total. The van der Waals surface area contributed by atoms with Crippen molar-refractivity contribution in [1.29, 1.82) is 0 Å². The smallest absolute Gasteiger partial charge is 0.106 e. The van der Waals surface area contributed by atoms with Crippen molar-refractivity contribution in [2.75, 3.05) is 14.2 Å². The molecule has 0 heterocycles. The lowest BCUT2D eigenvalue weighted by Gasteiger charge is -2.13. The molecule has 0 bridgehead atoms. The Morgan fingerprint density at radius 2 is 1.50 bits per heavy atom. The highest BCUT2D eigenvalue weighted by Crippen LogP contribution is 2.13. The molecular formula is C8H14N2O2. The lowest BCUT2D eigenvalue weighted by Crippen LogP contribution is -2.15. The third-order valence-corrected chi connectivity index (χ3v) is 1.78. The molecule has 0 spiro atoms. The minimum atomic E-state index is 0.793. The van der Waals surface area contributed by atoms with Crippen LogP contribution < -0.4 is 0 Å². The van der Waals surface area contributed by atoms with E-state index in [9.17, 15) is 0 Å². The van der Waals surface area contributed by atoms with Crippen molar-refractivity contribution >= 4 is 11.4 Å². The molecule has 1 rings (SSSR count). The molecule has 0 aliphatic heterocycles. The van der Waals surface area contributed by atoms with Crippen molar-refractivity contribution in [2.45, 2.75) is 25.7 Å². The summed E-state index contributed by atoms with van der Waals surface area (Å²) in [6.45, 7) is 0. The molecule has 0 atom stereocenters. The zero-order valence-electron chi connectivity index (χ0n) is 7.54. The molecule has 12 heavy (non-hydrogen) atoms. The Morgan fingerprint density at radius 1 is 1.00 bits per heavy atom. The average Bonchev–Trinajstić information content (AvgIpc) is 2.06. The van der Waals surface area contributed by atoms with Crippen LogP contribution in [0.25, 0.3) is 0 Å². The van der Waals surface area contributed by atoms with Gasteiger partial charge in [0.2, 0.25) is 0 Å². The molecule has 0 aromatic heterocycles. The Hall–Kier alpha value is -1.06. The number of nitrogens with zero attached hydrogens (tertiary/aromatic N) is 2. The van der Waals surface area contributed by atoms with Crippen molar-refractivity contribution < 1.29 is 9.68 Å². The average molecular weight is 170 g/mol. The van der Waals surface area contributed by atoms with Crippen LogP contribution >= 0.6 is 0 Å². The number of hydrogen-bond donors (Lipinski definition) is 0. The molecule has 1 aliphatic carbocycles. The number of hydrogen-bond acceptors (Lipinski definition) is 4. The minimum Gasteiger partial charge on any atom is -0.399 e. The van der Waals surface area contributed by atoms with Gasteiger partial charge in [0.15, 0.2) is 0 Å². The monoisotopic (exact) mass is 170 g/mol. The highest BCUT2D eigenvalue weighted by molar-refractivity contribution is 6.06. The molecular weight excluding hydrogens is 156 g/mol. The van der Waals surface area contributed by atoms with Gasteiger partial charge in [0.1, 0.15) is 14.2 Å². The van der Waals surface area contributed by atoms with E-state index in [0.29, 0.717) is 0 Å². The van der Waals surface area contributed by atoms with Crippen LogP contribution in [-0.4, -0.2) is 25.6 Å². The van der Waals surface area contributed by atoms with Crippen molar-refractivity contribution in [3.63, 3.8) is 0 Å². The first-order chi connectivity index (χ1) is 5.86. The number of oxime groups is 2. The van der Waals surface area contributed by atoms with Crippen LogP contribution in [0.5, 0.6) is 0 Å². The van der Waals surface area contributed by atoms with E-state index in [1.807, 2.05) is 0 Å². The third kappa shape index (κ3) is 2.53. The van der Waals surface area contributed by atoms with Crippen molar-refractivity contribution in [3.8, 4) is 0 Å². The summed E-state index contributed by atoms with van der Waals surface area (Å²) < 4.78 is 0. The fraction of sp³-hybridized carbons (Fsp3) is 0.750. The van der Waals surface area contributed by atoms with Gasteiger partial charge in [0.05, 0.1) is 11.4 Å². The van der Waals surface area contributed by atoms with Crippen LogP contribution in [-0.2, 0) is 9.68 Å². The maximum Gasteiger partial charge on any atom is 0.106 e. The van der Waals surface area contributed by atoms with Crippen molar-refractivity contribution in [1.82, 2.24) is 0 Å². The zero-order chi connectivity index (χ0) is 8.81. The second kappa shape index (κ2) is 4.74. The minimum absolute atomic E-state index is 0.793. The first-order valence-corrected chi connectivity index (χ1v) is 4.04. The Kier molecular flexibility index (Phi) is 3.57. The lowest BCUT2D eigenvalue weighted by molar-refractivity contribution is 0.208. The van der Waals surface area contributed by atoms with Gasteiger partial charge >= 0.3 is 0 Å². The Morgan fingerprint density at radius 3 is 1.92 bits per heavy atom. The Labute approximate surface area is 72.2 Å². The van der Waals surface area contributed by atoms with Gasteiger partial charge in [-0.3, -0.25) is 0 Å². The summed E-state index contributed by atoms with van der Waals surface area (Å²) in [6, 6.07) is 0. The van der Waals surface area contributed by atoms with Crippen LogP contribution in [0, 0.1) is 0 Å². The standard InChI is InChI=1S/C8H14N2O2/c1-11-9-7-4-3-5-8(6-7)10-12-2/h3-6H2,1-2H3. The lowest BCUT2D eigenvalue weighted by atomic mass is 9.97. The summed E-state index contributed by atoms with van der Waals surface area (Å²) in [7, 11) is 3.13. The molecule has 1 fully saturated rings. The van der Waals surface area contributed by atoms with Gasteiger partial charge in [-0.2, -0.15) is 0 Å². The first-order valence-electron chi connectivity index (χ1n) is 4.04. The van der Waals surface area contributed by atoms with E-state index in [1.54, 1.807) is 14.2 Å². The maximum absolute atomic E-state index is 4.70. The molecule has 68 valence electrons. The highest BCUT2D eigenvalue weighted by atomic mass is 16.6. The SMILES string of the molecule is CON=C1CCCC(=NOC)C1. The quantitative estimate of drug-likeness (QED) is 0.590. The summed E-state index contributed by atoms with van der Waals surface area (Å²) >= 11 is 0. The van der Waals surface area contributed by atoms with Crippen LogP contribution in [0.3, 0.4) is 0 Å². The van der Waals surface area contributed by atoms with Gasteiger partial charge in [0, 0.05) is 6.42 Å². The summed E-state index contributed by atoms with van der Waals surface area (Å²) in [6.07, 6.45) is 3.90. The second-order valence-electron chi connectivity index (χ2n) is 2.71. The molecule has 0 aromatic carbocycles. The van der Waals surface area contributed by atoms with Crippen molar-refractivity contribution in [2.24, 2.45) is 10.3 Å². The van der Waals surface area contributed by atoms with E-state index in [0.717, 1.165) is 37.1 Å². The van der Waals surface area contributed by atoms with Crippen molar-refractivity contribution in [3.05, 3.63) is 0 Å². The van der Waals surface area contributed by atoms with Gasteiger partial charge < -0.3 is 9.68 Å². The number of rotatable bonds is 2. The van der Waals surface area contributed by atoms with Crippen LogP contribution in [0.15, 0.2) is 10.3 Å². The van der Waals surface area contributed by atoms with E-state index in [-0.39, 0.29) is 0 Å². The van der Waals surface area contributed by atoms with Crippen LogP contribution in [0.4, 0.5) is 0 Å². The van der Waals surface area contributed by atoms with Crippen LogP contribution in [0.2, 0.25) is 0 Å². The molecule has 4 heteroatoms. The summed E-state index contributed by atoms with van der Waals surface area (Å²) in [4.78, 5) is 9.40. The van der Waals surface area contributed by atoms with E-state index in [2.05, 4.69) is 10.3 Å². The summed E-state index contributed by atoms with van der Waals surface area (Å²) in [5, 5.41) is 7.79. The van der Waals surface area contributed by atoms with E-state index >= 15 is 0 Å². The molecule has 1 aliphatic rings. The van der Waals surface area contributed by atoms with Crippen LogP contribution in [0.1, 0.15) is 25.7 Å². The summed E-state index contributed by atoms with van der Waals surface area (Å²) in [5.41, 5.74) is 2.11. The van der Waals surface area contributed by atoms with Gasteiger partial charge in [-0.15, -0.1) is 0 Å². The fourth-order valence-corrected chi connectivity index (χ4v) is 1.32. The fourth-order valence-electron chi connectivity index (χ4n) is 1.32. The molecule has 0 unspecified atom stereocenters. The molecule has 0 aromatic rings. The van der Waals surface area contributed by atoms with Gasteiger partial charge in [-0.05, 0) is 19.3 Å². The topological polar surface area (TPSA) is 43.2 Å². The van der Waals surface area contributed by atoms with E-state index < -0.39 is 0 Å². The molecule has 4 nitrogen and oxygen atoms in total. The largest absolute Gasteiger partial charge is 0.399 e.